The molecule has 0 bridgehead atoms. The van der Waals surface area contributed by atoms with Crippen LogP contribution in [0.5, 0.6) is 0 Å². The number of hydrogen-bond donors (Lipinski definition) is 3. The lowest BCUT2D eigenvalue weighted by Gasteiger charge is -2.33. The highest BCUT2D eigenvalue weighted by Gasteiger charge is 2.40. The van der Waals surface area contributed by atoms with Crippen LogP contribution in [0.4, 0.5) is 0 Å². The molecular weight excluding hydrogens is 232 g/mol. The molecule has 4 unspecified atom stereocenters. The van der Waals surface area contributed by atoms with Gasteiger partial charge in [0.1, 0.15) is 6.10 Å². The van der Waals surface area contributed by atoms with Crippen molar-refractivity contribution in [3.05, 3.63) is 36.5 Å². The predicted octanol–water partition coefficient (Wildman–Crippen LogP) is 0.594. The van der Waals surface area contributed by atoms with Gasteiger partial charge in [0.2, 0.25) is 0 Å². The molecule has 4 atom stereocenters. The van der Waals surface area contributed by atoms with Crippen molar-refractivity contribution in [2.75, 3.05) is 6.61 Å². The van der Waals surface area contributed by atoms with Crippen LogP contribution in [0.25, 0.3) is 0 Å². The van der Waals surface area contributed by atoms with E-state index in [1.165, 1.54) is 0 Å². The zero-order chi connectivity index (χ0) is 13.5. The molecule has 0 radical (unpaired) electrons. The van der Waals surface area contributed by atoms with Gasteiger partial charge in [-0.1, -0.05) is 36.5 Å². The van der Waals surface area contributed by atoms with E-state index in [-0.39, 0.29) is 18.9 Å². The van der Waals surface area contributed by atoms with Crippen LogP contribution in [0.1, 0.15) is 13.3 Å². The molecular formula is C14H20O4. The number of hydrogen-bond acceptors (Lipinski definition) is 4. The molecule has 1 fully saturated rings. The average Bonchev–Trinajstić information content (AvgIpc) is 2.36. The second-order valence-corrected chi connectivity index (χ2v) is 4.40. The zero-order valence-electron chi connectivity index (χ0n) is 10.4. The fourth-order valence-corrected chi connectivity index (χ4v) is 2.08. The van der Waals surface area contributed by atoms with Gasteiger partial charge in [0.25, 0.3) is 0 Å². The normalized spacial score (nSPS) is 34.1. The van der Waals surface area contributed by atoms with Crippen molar-refractivity contribution in [3.8, 4) is 0 Å². The SMILES string of the molecule is CC=CC=CC=CC1CC(O)C(O)C(=O)C1CO. The molecule has 100 valence electrons. The van der Waals surface area contributed by atoms with E-state index in [9.17, 15) is 20.1 Å². The summed E-state index contributed by atoms with van der Waals surface area (Å²) in [6.07, 6.45) is 8.87. The number of ketones is 1. The van der Waals surface area contributed by atoms with Gasteiger partial charge < -0.3 is 15.3 Å². The Bertz CT molecular complexity index is 357. The summed E-state index contributed by atoms with van der Waals surface area (Å²) in [5.41, 5.74) is 0. The molecule has 0 aliphatic heterocycles. The number of rotatable bonds is 4. The van der Waals surface area contributed by atoms with E-state index in [2.05, 4.69) is 0 Å². The minimum atomic E-state index is -1.37. The van der Waals surface area contributed by atoms with Crippen LogP contribution in [0.3, 0.4) is 0 Å². The monoisotopic (exact) mass is 252 g/mol. The van der Waals surface area contributed by atoms with Gasteiger partial charge in [-0.25, -0.2) is 0 Å². The first kappa shape index (κ1) is 14.8. The number of allylic oxidation sites excluding steroid dienone is 6. The Morgan fingerprint density at radius 3 is 2.50 bits per heavy atom. The Morgan fingerprint density at radius 1 is 1.22 bits per heavy atom. The number of Topliss-reactive ketones (excluding diaryl/α,β-unsaturated/α-hetero) is 1. The zero-order valence-corrected chi connectivity index (χ0v) is 10.4. The van der Waals surface area contributed by atoms with Crippen LogP contribution < -0.4 is 0 Å². The van der Waals surface area contributed by atoms with E-state index in [1.54, 1.807) is 12.2 Å². The molecule has 0 heterocycles. The lowest BCUT2D eigenvalue weighted by molar-refractivity contribution is -0.146. The Hall–Kier alpha value is -1.23. The molecule has 1 aliphatic rings. The van der Waals surface area contributed by atoms with Gasteiger partial charge in [0.05, 0.1) is 12.7 Å². The molecule has 1 aliphatic carbocycles. The maximum Gasteiger partial charge on any atom is 0.169 e. The van der Waals surface area contributed by atoms with Gasteiger partial charge in [-0.15, -0.1) is 0 Å². The van der Waals surface area contributed by atoms with Gasteiger partial charge in [0.15, 0.2) is 5.78 Å². The number of aliphatic hydroxyl groups is 3. The molecule has 18 heavy (non-hydrogen) atoms. The Labute approximate surface area is 107 Å². The predicted molar refractivity (Wildman–Crippen MR) is 68.8 cm³/mol. The van der Waals surface area contributed by atoms with Crippen LogP contribution in [0.2, 0.25) is 0 Å². The second-order valence-electron chi connectivity index (χ2n) is 4.40. The third-order valence-electron chi connectivity index (χ3n) is 3.13. The van der Waals surface area contributed by atoms with Crippen molar-refractivity contribution in [1.82, 2.24) is 0 Å². The Kier molecular flexibility index (Phi) is 5.98. The summed E-state index contributed by atoms with van der Waals surface area (Å²) in [6, 6.07) is 0. The fraction of sp³-hybridized carbons (Fsp3) is 0.500. The maximum atomic E-state index is 11.7. The van der Waals surface area contributed by atoms with E-state index >= 15 is 0 Å². The highest BCUT2D eigenvalue weighted by molar-refractivity contribution is 5.87. The van der Waals surface area contributed by atoms with Crippen molar-refractivity contribution in [3.63, 3.8) is 0 Å². The number of carbonyl (C=O) groups is 1. The molecule has 4 nitrogen and oxygen atoms in total. The standard InChI is InChI=1S/C14H20O4/c1-2-3-4-5-6-7-10-8-12(16)14(18)13(17)11(10)9-15/h2-7,10-12,14-16,18H,8-9H2,1H3. The van der Waals surface area contributed by atoms with Crippen molar-refractivity contribution < 1.29 is 20.1 Å². The molecule has 0 spiro atoms. The van der Waals surface area contributed by atoms with Gasteiger partial charge in [-0.05, 0) is 19.3 Å². The third-order valence-corrected chi connectivity index (χ3v) is 3.13. The molecule has 1 saturated carbocycles. The van der Waals surface area contributed by atoms with Gasteiger partial charge >= 0.3 is 0 Å². The van der Waals surface area contributed by atoms with E-state index in [0.29, 0.717) is 0 Å². The van der Waals surface area contributed by atoms with Crippen LogP contribution in [-0.4, -0.2) is 39.9 Å². The van der Waals surface area contributed by atoms with E-state index in [1.807, 2.05) is 31.2 Å². The smallest absolute Gasteiger partial charge is 0.169 e. The number of aliphatic hydroxyl groups excluding tert-OH is 3. The van der Waals surface area contributed by atoms with Crippen LogP contribution in [-0.2, 0) is 4.79 Å². The highest BCUT2D eigenvalue weighted by atomic mass is 16.3. The van der Waals surface area contributed by atoms with Gasteiger partial charge in [-0.3, -0.25) is 4.79 Å². The molecule has 4 heteroatoms. The second kappa shape index (κ2) is 7.26. The van der Waals surface area contributed by atoms with Gasteiger partial charge in [0, 0.05) is 5.92 Å². The van der Waals surface area contributed by atoms with Crippen LogP contribution in [0.15, 0.2) is 36.5 Å². The molecule has 0 aromatic rings. The van der Waals surface area contributed by atoms with Gasteiger partial charge in [-0.2, -0.15) is 0 Å². The Balaban J connectivity index is 2.71. The molecule has 0 amide bonds. The van der Waals surface area contributed by atoms with E-state index < -0.39 is 23.9 Å². The quantitative estimate of drug-likeness (QED) is 0.640. The molecule has 1 rings (SSSR count). The lowest BCUT2D eigenvalue weighted by atomic mass is 9.75. The lowest BCUT2D eigenvalue weighted by Crippen LogP contribution is -2.48. The fourth-order valence-electron chi connectivity index (χ4n) is 2.08. The summed E-state index contributed by atoms with van der Waals surface area (Å²) in [4.78, 5) is 11.7. The molecule has 0 aromatic heterocycles. The van der Waals surface area contributed by atoms with Crippen molar-refractivity contribution >= 4 is 5.78 Å². The topological polar surface area (TPSA) is 77.8 Å². The first-order chi connectivity index (χ1) is 8.61. The highest BCUT2D eigenvalue weighted by Crippen LogP contribution is 2.28. The summed E-state index contributed by atoms with van der Waals surface area (Å²) in [5.74, 6) is -1.35. The summed E-state index contributed by atoms with van der Waals surface area (Å²) in [5, 5.41) is 28.2. The Morgan fingerprint density at radius 2 is 1.89 bits per heavy atom. The van der Waals surface area contributed by atoms with Crippen LogP contribution in [0, 0.1) is 11.8 Å². The van der Waals surface area contributed by atoms with Crippen LogP contribution >= 0.6 is 0 Å². The summed E-state index contributed by atoms with van der Waals surface area (Å²) >= 11 is 0. The molecule has 3 N–H and O–H groups in total. The van der Waals surface area contributed by atoms with Crippen molar-refractivity contribution in [2.45, 2.75) is 25.6 Å². The summed E-state index contributed by atoms with van der Waals surface area (Å²) in [7, 11) is 0. The molecule has 0 aromatic carbocycles. The van der Waals surface area contributed by atoms with E-state index in [0.717, 1.165) is 0 Å². The number of carbonyl (C=O) groups excluding carboxylic acids is 1. The van der Waals surface area contributed by atoms with Crippen molar-refractivity contribution in [2.24, 2.45) is 11.8 Å². The maximum absolute atomic E-state index is 11.7. The first-order valence-corrected chi connectivity index (χ1v) is 6.08. The third kappa shape index (κ3) is 3.63. The molecule has 0 saturated heterocycles. The summed E-state index contributed by atoms with van der Waals surface area (Å²) in [6.45, 7) is 1.60. The first-order valence-electron chi connectivity index (χ1n) is 6.08. The van der Waals surface area contributed by atoms with Crippen molar-refractivity contribution in [1.29, 1.82) is 0 Å². The minimum Gasteiger partial charge on any atom is -0.396 e. The largest absolute Gasteiger partial charge is 0.396 e. The minimum absolute atomic E-state index is 0.240. The average molecular weight is 252 g/mol. The van der Waals surface area contributed by atoms with E-state index in [4.69, 9.17) is 0 Å². The summed E-state index contributed by atoms with van der Waals surface area (Å²) < 4.78 is 0.